The van der Waals surface area contributed by atoms with Crippen LogP contribution in [0.5, 0.6) is 5.75 Å². The summed E-state index contributed by atoms with van der Waals surface area (Å²) in [5.41, 5.74) is 6.32. The van der Waals surface area contributed by atoms with Gasteiger partial charge in [0.25, 0.3) is 0 Å². The Morgan fingerprint density at radius 2 is 1.85 bits per heavy atom. The van der Waals surface area contributed by atoms with Crippen molar-refractivity contribution in [3.05, 3.63) is 34.5 Å². The Bertz CT molecular complexity index is 671. The summed E-state index contributed by atoms with van der Waals surface area (Å²) < 4.78 is 5.80. The highest BCUT2D eigenvalue weighted by atomic mass is 16.5. The molecule has 106 valence electrons. The van der Waals surface area contributed by atoms with Crippen molar-refractivity contribution in [1.29, 1.82) is 0 Å². The summed E-state index contributed by atoms with van der Waals surface area (Å²) in [4.78, 5) is 4.95. The highest BCUT2D eigenvalue weighted by Crippen LogP contribution is 2.38. The Labute approximate surface area is 121 Å². The van der Waals surface area contributed by atoms with E-state index in [9.17, 15) is 0 Å². The molecule has 1 aliphatic rings. The topological polar surface area (TPSA) is 22.1 Å². The van der Waals surface area contributed by atoms with Crippen LogP contribution in [-0.4, -0.2) is 11.6 Å². The normalized spacial score (nSPS) is 14.2. The number of ether oxygens (including phenoxy) is 1. The van der Waals surface area contributed by atoms with Crippen LogP contribution in [0.15, 0.2) is 12.1 Å². The maximum atomic E-state index is 5.80. The Morgan fingerprint density at radius 1 is 1.10 bits per heavy atom. The molecule has 0 N–H and O–H groups in total. The molecule has 0 amide bonds. The van der Waals surface area contributed by atoms with Gasteiger partial charge in [-0.25, -0.2) is 0 Å². The third-order valence-corrected chi connectivity index (χ3v) is 4.20. The first kappa shape index (κ1) is 13.4. The van der Waals surface area contributed by atoms with E-state index in [4.69, 9.17) is 9.72 Å². The average molecular weight is 269 g/mol. The zero-order chi connectivity index (χ0) is 14.4. The quantitative estimate of drug-likeness (QED) is 0.786. The summed E-state index contributed by atoms with van der Waals surface area (Å²) in [6.07, 6.45) is 0.986. The van der Waals surface area contributed by atoms with Gasteiger partial charge in [0.05, 0.1) is 12.1 Å². The van der Waals surface area contributed by atoms with Gasteiger partial charge in [-0.3, -0.25) is 4.98 Å². The van der Waals surface area contributed by atoms with Gasteiger partial charge < -0.3 is 4.74 Å². The lowest BCUT2D eigenvalue weighted by atomic mass is 9.92. The van der Waals surface area contributed by atoms with Crippen LogP contribution in [0, 0.1) is 6.92 Å². The third kappa shape index (κ3) is 1.98. The van der Waals surface area contributed by atoms with Gasteiger partial charge in [-0.15, -0.1) is 0 Å². The summed E-state index contributed by atoms with van der Waals surface area (Å²) >= 11 is 0. The molecule has 2 aromatic rings. The molecule has 0 bridgehead atoms. The van der Waals surface area contributed by atoms with Crippen LogP contribution < -0.4 is 4.74 Å². The van der Waals surface area contributed by atoms with Crippen molar-refractivity contribution in [2.75, 3.05) is 6.61 Å². The highest BCUT2D eigenvalue weighted by Gasteiger charge is 2.22. The van der Waals surface area contributed by atoms with Gasteiger partial charge >= 0.3 is 0 Å². The van der Waals surface area contributed by atoms with Gasteiger partial charge in [0.2, 0.25) is 0 Å². The van der Waals surface area contributed by atoms with Gasteiger partial charge in [0.1, 0.15) is 5.75 Å². The number of fused-ring (bicyclic) bond motifs is 3. The number of pyridine rings is 1. The molecule has 0 saturated carbocycles. The predicted molar refractivity (Wildman–Crippen MR) is 83.9 cm³/mol. The van der Waals surface area contributed by atoms with Gasteiger partial charge in [-0.05, 0) is 42.0 Å². The molecule has 0 saturated heterocycles. The number of hydrogen-bond acceptors (Lipinski definition) is 2. The summed E-state index contributed by atoms with van der Waals surface area (Å²) in [7, 11) is 0. The molecular weight excluding hydrogens is 246 g/mol. The summed E-state index contributed by atoms with van der Waals surface area (Å²) in [6, 6.07) is 4.55. The van der Waals surface area contributed by atoms with Crippen molar-refractivity contribution >= 4 is 10.9 Å². The molecule has 1 aromatic heterocycles. The number of benzene rings is 1. The van der Waals surface area contributed by atoms with Gasteiger partial charge in [0, 0.05) is 23.1 Å². The molecule has 2 heteroatoms. The molecule has 2 heterocycles. The fraction of sp³-hybridized carbons (Fsp3) is 0.500. The molecule has 0 fully saturated rings. The van der Waals surface area contributed by atoms with E-state index in [0.29, 0.717) is 11.8 Å². The SMILES string of the molecule is Cc1cc2c(C(C)C)cc(C(C)C)nc2c2c1OCC2. The van der Waals surface area contributed by atoms with Crippen molar-refractivity contribution < 1.29 is 4.74 Å². The molecule has 3 rings (SSSR count). The van der Waals surface area contributed by atoms with E-state index < -0.39 is 0 Å². The first-order valence-electron chi connectivity index (χ1n) is 7.59. The first-order chi connectivity index (χ1) is 9.49. The number of rotatable bonds is 2. The monoisotopic (exact) mass is 269 g/mol. The molecule has 0 spiro atoms. The maximum absolute atomic E-state index is 5.80. The van der Waals surface area contributed by atoms with E-state index in [0.717, 1.165) is 24.3 Å². The largest absolute Gasteiger partial charge is 0.493 e. The number of aromatic nitrogens is 1. The Kier molecular flexibility index (Phi) is 3.19. The van der Waals surface area contributed by atoms with E-state index >= 15 is 0 Å². The van der Waals surface area contributed by atoms with Gasteiger partial charge in [-0.2, -0.15) is 0 Å². The number of aryl methyl sites for hydroxylation is 1. The summed E-state index contributed by atoms with van der Waals surface area (Å²) in [6.45, 7) is 11.9. The fourth-order valence-corrected chi connectivity index (χ4v) is 3.07. The second-order valence-electron chi connectivity index (χ2n) is 6.44. The van der Waals surface area contributed by atoms with E-state index in [2.05, 4.69) is 46.8 Å². The molecule has 0 atom stereocenters. The average Bonchev–Trinajstić information content (AvgIpc) is 2.87. The van der Waals surface area contributed by atoms with Crippen LogP contribution in [0.4, 0.5) is 0 Å². The lowest BCUT2D eigenvalue weighted by Gasteiger charge is -2.17. The minimum Gasteiger partial charge on any atom is -0.493 e. The fourth-order valence-electron chi connectivity index (χ4n) is 3.07. The predicted octanol–water partition coefficient (Wildman–Crippen LogP) is 4.72. The van der Waals surface area contributed by atoms with Crippen LogP contribution in [0.1, 0.15) is 61.9 Å². The molecule has 0 radical (unpaired) electrons. The summed E-state index contributed by atoms with van der Waals surface area (Å²) in [5, 5.41) is 1.31. The molecule has 0 aliphatic carbocycles. The molecule has 2 nitrogen and oxygen atoms in total. The zero-order valence-electron chi connectivity index (χ0n) is 13.1. The van der Waals surface area contributed by atoms with Gasteiger partial charge in [0.15, 0.2) is 0 Å². The zero-order valence-corrected chi connectivity index (χ0v) is 13.1. The van der Waals surface area contributed by atoms with E-state index in [1.807, 2.05) is 0 Å². The lowest BCUT2D eigenvalue weighted by molar-refractivity contribution is 0.354. The standard InChI is InChI=1S/C18H23NO/c1-10(2)14-9-16(11(3)4)19-17-13-6-7-20-18(13)12(5)8-15(14)17/h8-11H,6-7H2,1-5H3. The minimum atomic E-state index is 0.455. The molecule has 0 unspecified atom stereocenters. The van der Waals surface area contributed by atoms with E-state index in [1.54, 1.807) is 0 Å². The smallest absolute Gasteiger partial charge is 0.127 e. The van der Waals surface area contributed by atoms with Crippen molar-refractivity contribution in [3.63, 3.8) is 0 Å². The van der Waals surface area contributed by atoms with Crippen LogP contribution in [0.2, 0.25) is 0 Å². The second kappa shape index (κ2) is 4.76. The Hall–Kier alpha value is -1.57. The van der Waals surface area contributed by atoms with Crippen LogP contribution in [-0.2, 0) is 6.42 Å². The molecule has 1 aromatic carbocycles. The van der Waals surface area contributed by atoms with Crippen LogP contribution in [0.25, 0.3) is 10.9 Å². The number of hydrogen-bond donors (Lipinski definition) is 0. The van der Waals surface area contributed by atoms with Crippen molar-refractivity contribution in [1.82, 2.24) is 4.98 Å². The summed E-state index contributed by atoms with van der Waals surface area (Å²) in [5.74, 6) is 2.04. The maximum Gasteiger partial charge on any atom is 0.127 e. The minimum absolute atomic E-state index is 0.455. The van der Waals surface area contributed by atoms with Crippen molar-refractivity contribution in [2.45, 2.75) is 52.9 Å². The molecule has 1 aliphatic heterocycles. The first-order valence-corrected chi connectivity index (χ1v) is 7.59. The Balaban J connectivity index is 2.40. The van der Waals surface area contributed by atoms with Crippen molar-refractivity contribution in [3.8, 4) is 5.75 Å². The van der Waals surface area contributed by atoms with E-state index in [1.165, 1.54) is 27.8 Å². The van der Waals surface area contributed by atoms with Gasteiger partial charge in [-0.1, -0.05) is 27.7 Å². The Morgan fingerprint density at radius 3 is 2.50 bits per heavy atom. The van der Waals surface area contributed by atoms with Crippen molar-refractivity contribution in [2.24, 2.45) is 0 Å². The van der Waals surface area contributed by atoms with Crippen LogP contribution in [0.3, 0.4) is 0 Å². The molecular formula is C18H23NO. The highest BCUT2D eigenvalue weighted by molar-refractivity contribution is 5.89. The van der Waals surface area contributed by atoms with E-state index in [-0.39, 0.29) is 0 Å². The number of nitrogens with zero attached hydrogens (tertiary/aromatic N) is 1. The second-order valence-corrected chi connectivity index (χ2v) is 6.44. The van der Waals surface area contributed by atoms with Crippen LogP contribution >= 0.6 is 0 Å². The third-order valence-electron chi connectivity index (χ3n) is 4.20. The molecule has 20 heavy (non-hydrogen) atoms. The lowest BCUT2D eigenvalue weighted by Crippen LogP contribution is -2.01.